The van der Waals surface area contributed by atoms with Gasteiger partial charge in [0.2, 0.25) is 11.8 Å². The Morgan fingerprint density at radius 2 is 1.14 bits per heavy atom. The first-order chi connectivity index (χ1) is 17.9. The molecule has 37 heavy (non-hydrogen) atoms. The lowest BCUT2D eigenvalue weighted by Crippen LogP contribution is -2.54. The van der Waals surface area contributed by atoms with Crippen LogP contribution in [0.1, 0.15) is 23.1 Å². The normalized spacial score (nSPS) is 12.0. The molecular formula is C28H29N3O6. The molecule has 9 nitrogen and oxygen atoms in total. The van der Waals surface area contributed by atoms with Crippen LogP contribution in [-0.2, 0) is 43.5 Å². The van der Waals surface area contributed by atoms with Gasteiger partial charge >= 0.3 is 12.1 Å². The van der Waals surface area contributed by atoms with Gasteiger partial charge in [0.05, 0.1) is 6.42 Å². The summed E-state index contributed by atoms with van der Waals surface area (Å²) in [4.78, 5) is 49.8. The van der Waals surface area contributed by atoms with E-state index in [1.54, 1.807) is 60.7 Å². The number of nitrogens with one attached hydrogen (secondary N) is 2. The van der Waals surface area contributed by atoms with Crippen molar-refractivity contribution in [2.45, 2.75) is 38.1 Å². The molecule has 0 aromatic heterocycles. The highest BCUT2D eigenvalue weighted by molar-refractivity contribution is 5.93. The number of carbonyl (C=O) groups is 4. The number of amides is 3. The fourth-order valence-electron chi connectivity index (χ4n) is 3.42. The van der Waals surface area contributed by atoms with Gasteiger partial charge in [-0.05, 0) is 16.7 Å². The molecule has 0 saturated heterocycles. The number of rotatable bonds is 12. The molecule has 0 radical (unpaired) electrons. The van der Waals surface area contributed by atoms with Crippen molar-refractivity contribution in [3.63, 3.8) is 0 Å². The monoisotopic (exact) mass is 503 g/mol. The van der Waals surface area contributed by atoms with Crippen molar-refractivity contribution in [2.75, 3.05) is 0 Å². The molecule has 0 spiro atoms. The highest BCUT2D eigenvalue weighted by Gasteiger charge is 2.28. The summed E-state index contributed by atoms with van der Waals surface area (Å²) >= 11 is 0. The lowest BCUT2D eigenvalue weighted by Gasteiger charge is -2.21. The Bertz CT molecular complexity index is 1170. The maximum absolute atomic E-state index is 13.1. The maximum atomic E-state index is 13.1. The molecule has 0 aliphatic heterocycles. The topological polar surface area (TPSA) is 137 Å². The fraction of sp³-hybridized carbons (Fsp3) is 0.214. The summed E-state index contributed by atoms with van der Waals surface area (Å²) in [5.74, 6) is -2.31. The lowest BCUT2D eigenvalue weighted by molar-refractivity contribution is -0.147. The molecule has 3 aromatic rings. The van der Waals surface area contributed by atoms with Crippen LogP contribution in [0.25, 0.3) is 0 Å². The van der Waals surface area contributed by atoms with Gasteiger partial charge in [-0.1, -0.05) is 91.0 Å². The maximum Gasteiger partial charge on any atom is 0.408 e. The van der Waals surface area contributed by atoms with Crippen molar-refractivity contribution < 1.29 is 28.7 Å². The van der Waals surface area contributed by atoms with Gasteiger partial charge in [0.25, 0.3) is 0 Å². The van der Waals surface area contributed by atoms with Gasteiger partial charge in [-0.2, -0.15) is 0 Å². The fourth-order valence-corrected chi connectivity index (χ4v) is 3.42. The van der Waals surface area contributed by atoms with Gasteiger partial charge in [0, 0.05) is 6.42 Å². The largest absolute Gasteiger partial charge is 0.461 e. The molecule has 3 aromatic carbocycles. The third kappa shape index (κ3) is 9.48. The van der Waals surface area contributed by atoms with Crippen molar-refractivity contribution in [1.29, 1.82) is 0 Å². The zero-order valence-electron chi connectivity index (χ0n) is 20.2. The summed E-state index contributed by atoms with van der Waals surface area (Å²) in [6.45, 7) is 0.0358. The predicted octanol–water partition coefficient (Wildman–Crippen LogP) is 2.63. The van der Waals surface area contributed by atoms with Crippen molar-refractivity contribution in [2.24, 2.45) is 5.73 Å². The van der Waals surface area contributed by atoms with Crippen LogP contribution in [0.2, 0.25) is 0 Å². The Kier molecular flexibility index (Phi) is 10.2. The second kappa shape index (κ2) is 14.0. The van der Waals surface area contributed by atoms with E-state index in [4.69, 9.17) is 15.2 Å². The van der Waals surface area contributed by atoms with Gasteiger partial charge in [-0.3, -0.25) is 14.4 Å². The zero-order chi connectivity index (χ0) is 26.5. The molecule has 0 saturated carbocycles. The minimum absolute atomic E-state index is 0.0174. The minimum atomic E-state index is -1.32. The molecule has 0 unspecified atom stereocenters. The third-order valence-electron chi connectivity index (χ3n) is 5.38. The van der Waals surface area contributed by atoms with Crippen molar-refractivity contribution in [1.82, 2.24) is 10.6 Å². The van der Waals surface area contributed by atoms with Crippen LogP contribution in [0, 0.1) is 0 Å². The summed E-state index contributed by atoms with van der Waals surface area (Å²) in [5.41, 5.74) is 7.76. The number of hydrogen-bond donors (Lipinski definition) is 3. The second-order valence-electron chi connectivity index (χ2n) is 8.26. The van der Waals surface area contributed by atoms with E-state index in [1.165, 1.54) is 0 Å². The standard InChI is InChI=1S/C28H29N3O6/c29-26(33)23(17-25(32)36-18-21-12-6-2-7-13-21)30-27(34)24(16-20-10-4-1-5-11-20)31-28(35)37-19-22-14-8-3-9-15-22/h1-15,23-24H,16-19H2,(H2,29,33)(H,30,34)(H,31,35)/t23-,24+/m0/s1. The first kappa shape index (κ1) is 26.9. The molecule has 0 heterocycles. The average Bonchev–Trinajstić information content (AvgIpc) is 2.91. The SMILES string of the molecule is NC(=O)[C@H](CC(=O)OCc1ccccc1)NC(=O)[C@@H](Cc1ccccc1)NC(=O)OCc1ccccc1. The lowest BCUT2D eigenvalue weighted by atomic mass is 10.0. The van der Waals surface area contributed by atoms with Crippen LogP contribution >= 0.6 is 0 Å². The quantitative estimate of drug-likeness (QED) is 0.325. The third-order valence-corrected chi connectivity index (χ3v) is 5.38. The van der Waals surface area contributed by atoms with Crippen LogP contribution in [0.5, 0.6) is 0 Å². The summed E-state index contributed by atoms with van der Waals surface area (Å²) in [6, 6.07) is 24.7. The Hall–Kier alpha value is -4.66. The molecular weight excluding hydrogens is 474 g/mol. The summed E-state index contributed by atoms with van der Waals surface area (Å²) in [5, 5.41) is 5.00. The second-order valence-corrected chi connectivity index (χ2v) is 8.26. The van der Waals surface area contributed by atoms with E-state index in [-0.39, 0.29) is 19.6 Å². The van der Waals surface area contributed by atoms with Crippen LogP contribution in [0.15, 0.2) is 91.0 Å². The summed E-state index contributed by atoms with van der Waals surface area (Å²) in [6.07, 6.45) is -1.14. The predicted molar refractivity (Wildman–Crippen MR) is 136 cm³/mol. The average molecular weight is 504 g/mol. The Balaban J connectivity index is 1.61. The number of ether oxygens (including phenoxy) is 2. The first-order valence-corrected chi connectivity index (χ1v) is 11.7. The van der Waals surface area contributed by atoms with E-state index in [9.17, 15) is 19.2 Å². The highest BCUT2D eigenvalue weighted by atomic mass is 16.5. The number of primary amides is 1. The number of nitrogens with two attached hydrogens (primary N) is 1. The van der Waals surface area contributed by atoms with Gasteiger partial charge in [0.1, 0.15) is 25.3 Å². The molecule has 3 amide bonds. The molecule has 0 aliphatic carbocycles. The Morgan fingerprint density at radius 3 is 1.65 bits per heavy atom. The number of hydrogen-bond acceptors (Lipinski definition) is 6. The van der Waals surface area contributed by atoms with E-state index in [1.807, 2.05) is 30.3 Å². The van der Waals surface area contributed by atoms with Gasteiger partial charge in [0.15, 0.2) is 0 Å². The van der Waals surface area contributed by atoms with E-state index in [2.05, 4.69) is 10.6 Å². The molecule has 0 bridgehead atoms. The molecule has 0 fully saturated rings. The van der Waals surface area contributed by atoms with Crippen LogP contribution in [-0.4, -0.2) is 36.0 Å². The van der Waals surface area contributed by atoms with Crippen molar-refractivity contribution >= 4 is 23.9 Å². The van der Waals surface area contributed by atoms with Crippen molar-refractivity contribution in [3.8, 4) is 0 Å². The minimum Gasteiger partial charge on any atom is -0.461 e. The first-order valence-electron chi connectivity index (χ1n) is 11.7. The van der Waals surface area contributed by atoms with Crippen LogP contribution in [0.3, 0.4) is 0 Å². The smallest absolute Gasteiger partial charge is 0.408 e. The molecule has 0 aliphatic rings. The van der Waals surface area contributed by atoms with Crippen LogP contribution in [0.4, 0.5) is 4.79 Å². The summed E-state index contributed by atoms with van der Waals surface area (Å²) < 4.78 is 10.4. The van der Waals surface area contributed by atoms with E-state index in [0.717, 1.165) is 16.7 Å². The molecule has 192 valence electrons. The molecule has 3 rings (SSSR count). The van der Waals surface area contributed by atoms with E-state index in [0.29, 0.717) is 0 Å². The number of carbonyl (C=O) groups excluding carboxylic acids is 4. The van der Waals surface area contributed by atoms with E-state index < -0.39 is 42.4 Å². The van der Waals surface area contributed by atoms with E-state index >= 15 is 0 Å². The van der Waals surface area contributed by atoms with Gasteiger partial charge in [-0.25, -0.2) is 4.79 Å². The van der Waals surface area contributed by atoms with Crippen molar-refractivity contribution in [3.05, 3.63) is 108 Å². The highest BCUT2D eigenvalue weighted by Crippen LogP contribution is 2.07. The Labute approximate surface area is 215 Å². The zero-order valence-corrected chi connectivity index (χ0v) is 20.2. The molecule has 2 atom stereocenters. The molecule has 4 N–H and O–H groups in total. The summed E-state index contributed by atoms with van der Waals surface area (Å²) in [7, 11) is 0. The number of benzene rings is 3. The Morgan fingerprint density at radius 1 is 0.649 bits per heavy atom. The van der Waals surface area contributed by atoms with Crippen LogP contribution < -0.4 is 16.4 Å². The van der Waals surface area contributed by atoms with Gasteiger partial charge in [-0.15, -0.1) is 0 Å². The van der Waals surface area contributed by atoms with Gasteiger partial charge < -0.3 is 25.8 Å². The number of esters is 1. The number of alkyl carbamates (subject to hydrolysis) is 1. The molecule has 9 heteroatoms.